The van der Waals surface area contributed by atoms with E-state index in [9.17, 15) is 0 Å². The summed E-state index contributed by atoms with van der Waals surface area (Å²) in [5.41, 5.74) is 1.15. The Hall–Kier alpha value is -1.94. The summed E-state index contributed by atoms with van der Waals surface area (Å²) in [5.74, 6) is 8.93. The van der Waals surface area contributed by atoms with E-state index in [1.54, 1.807) is 0 Å². The summed E-state index contributed by atoms with van der Waals surface area (Å²) in [4.78, 5) is 0. The van der Waals surface area contributed by atoms with Crippen LogP contribution in [0.2, 0.25) is 0 Å². The van der Waals surface area contributed by atoms with Gasteiger partial charge in [-0.3, -0.25) is 0 Å². The van der Waals surface area contributed by atoms with Gasteiger partial charge in [0.25, 0.3) is 0 Å². The molecule has 0 heterocycles. The standard InChI is InChI=1S/C26H36O/c1-3-5-11-23-14-16-24(17-15-23)12-9-7-8-10-13-25-18-20-26(21-19-25)27-22-6-4-2/h9-10,12-13,18-21,23-24H,3-6,11,14-17,22H2,1-2H3/b12-9+,13-10+/t23-,24-. The first kappa shape index (κ1) is 21.4. The van der Waals surface area contributed by atoms with Gasteiger partial charge in [0.2, 0.25) is 0 Å². The van der Waals surface area contributed by atoms with Gasteiger partial charge in [0.05, 0.1) is 6.61 Å². The number of hydrogen-bond donors (Lipinski definition) is 0. The van der Waals surface area contributed by atoms with Gasteiger partial charge in [0.15, 0.2) is 0 Å². The van der Waals surface area contributed by atoms with Crippen LogP contribution in [0, 0.1) is 23.7 Å². The Kier molecular flexibility index (Phi) is 10.5. The number of ether oxygens (including phenoxy) is 1. The van der Waals surface area contributed by atoms with Gasteiger partial charge in [-0.25, -0.2) is 0 Å². The Morgan fingerprint density at radius 3 is 2.33 bits per heavy atom. The molecule has 0 aliphatic heterocycles. The van der Waals surface area contributed by atoms with Crippen molar-refractivity contribution in [1.29, 1.82) is 0 Å². The van der Waals surface area contributed by atoms with Crippen LogP contribution in [0.5, 0.6) is 5.75 Å². The van der Waals surface area contributed by atoms with E-state index in [4.69, 9.17) is 4.74 Å². The van der Waals surface area contributed by atoms with E-state index >= 15 is 0 Å². The fraction of sp³-hybridized carbons (Fsp3) is 0.538. The maximum atomic E-state index is 5.68. The van der Waals surface area contributed by atoms with Crippen LogP contribution in [0.4, 0.5) is 0 Å². The number of benzene rings is 1. The highest BCUT2D eigenvalue weighted by Gasteiger charge is 2.18. The molecule has 2 rings (SSSR count). The molecule has 0 N–H and O–H groups in total. The van der Waals surface area contributed by atoms with Crippen LogP contribution in [0.25, 0.3) is 6.08 Å². The molecule has 0 saturated heterocycles. The van der Waals surface area contributed by atoms with Crippen LogP contribution in [0.1, 0.15) is 77.2 Å². The summed E-state index contributed by atoms with van der Waals surface area (Å²) in [6.45, 7) is 5.26. The molecule has 1 aromatic rings. The minimum Gasteiger partial charge on any atom is -0.494 e. The Balaban J connectivity index is 1.68. The smallest absolute Gasteiger partial charge is 0.119 e. The second-order valence-corrected chi connectivity index (χ2v) is 7.68. The van der Waals surface area contributed by atoms with Gasteiger partial charge in [-0.15, -0.1) is 0 Å². The van der Waals surface area contributed by atoms with E-state index in [1.165, 1.54) is 44.9 Å². The number of unbranched alkanes of at least 4 members (excludes halogenated alkanes) is 2. The van der Waals surface area contributed by atoms with Gasteiger partial charge in [0, 0.05) is 0 Å². The summed E-state index contributed by atoms with van der Waals surface area (Å²) in [6, 6.07) is 8.21. The Morgan fingerprint density at radius 1 is 0.926 bits per heavy atom. The van der Waals surface area contributed by atoms with Crippen LogP contribution in [0.3, 0.4) is 0 Å². The lowest BCUT2D eigenvalue weighted by atomic mass is 9.80. The van der Waals surface area contributed by atoms with Crippen molar-refractivity contribution in [2.24, 2.45) is 11.8 Å². The molecule has 1 aromatic carbocycles. The zero-order valence-electron chi connectivity index (χ0n) is 17.3. The molecule has 1 nitrogen and oxygen atoms in total. The minimum atomic E-state index is 0.737. The molecular weight excluding hydrogens is 328 g/mol. The summed E-state index contributed by atoms with van der Waals surface area (Å²) >= 11 is 0. The molecule has 1 aliphatic rings. The molecule has 1 fully saturated rings. The molecule has 27 heavy (non-hydrogen) atoms. The Labute approximate surface area is 166 Å². The highest BCUT2D eigenvalue weighted by Crippen LogP contribution is 2.32. The third-order valence-corrected chi connectivity index (χ3v) is 5.40. The molecule has 1 heteroatoms. The molecule has 0 spiro atoms. The lowest BCUT2D eigenvalue weighted by Gasteiger charge is -2.26. The van der Waals surface area contributed by atoms with Crippen molar-refractivity contribution in [1.82, 2.24) is 0 Å². The first-order chi connectivity index (χ1) is 13.3. The number of hydrogen-bond acceptors (Lipinski definition) is 1. The predicted molar refractivity (Wildman–Crippen MR) is 118 cm³/mol. The first-order valence-corrected chi connectivity index (χ1v) is 10.9. The van der Waals surface area contributed by atoms with Gasteiger partial charge in [-0.2, -0.15) is 0 Å². The van der Waals surface area contributed by atoms with Crippen molar-refractivity contribution in [3.63, 3.8) is 0 Å². The van der Waals surface area contributed by atoms with Crippen molar-refractivity contribution in [3.05, 3.63) is 48.1 Å². The predicted octanol–water partition coefficient (Wildman–Crippen LogP) is 7.43. The Bertz CT molecular complexity index is 618. The first-order valence-electron chi connectivity index (χ1n) is 10.9. The summed E-state index contributed by atoms with van der Waals surface area (Å²) in [5, 5.41) is 0. The zero-order valence-corrected chi connectivity index (χ0v) is 17.3. The van der Waals surface area contributed by atoms with E-state index in [0.29, 0.717) is 0 Å². The second kappa shape index (κ2) is 13.3. The van der Waals surface area contributed by atoms with Crippen LogP contribution in [0.15, 0.2) is 42.5 Å². The van der Waals surface area contributed by atoms with Crippen molar-refractivity contribution < 1.29 is 4.74 Å². The fourth-order valence-corrected chi connectivity index (χ4v) is 3.59. The highest BCUT2D eigenvalue weighted by molar-refractivity contribution is 5.54. The third kappa shape index (κ3) is 9.00. The molecule has 1 aliphatic carbocycles. The van der Waals surface area contributed by atoms with Crippen LogP contribution in [-0.2, 0) is 0 Å². The average molecular weight is 365 g/mol. The van der Waals surface area contributed by atoms with E-state index in [2.05, 4.69) is 50.0 Å². The number of allylic oxidation sites excluding steroid dienone is 3. The molecular formula is C26H36O. The largest absolute Gasteiger partial charge is 0.494 e. The lowest BCUT2D eigenvalue weighted by molar-refractivity contribution is 0.291. The summed E-state index contributed by atoms with van der Waals surface area (Å²) in [6.07, 6.45) is 20.3. The maximum Gasteiger partial charge on any atom is 0.119 e. The van der Waals surface area contributed by atoms with Gasteiger partial charge in [0.1, 0.15) is 5.75 Å². The molecule has 1 saturated carbocycles. The lowest BCUT2D eigenvalue weighted by Crippen LogP contribution is -2.12. The number of rotatable bonds is 9. The fourth-order valence-electron chi connectivity index (χ4n) is 3.59. The molecule has 0 amide bonds. The highest BCUT2D eigenvalue weighted by atomic mass is 16.5. The molecule has 0 unspecified atom stereocenters. The molecule has 146 valence electrons. The van der Waals surface area contributed by atoms with Gasteiger partial charge in [-0.1, -0.05) is 69.6 Å². The molecule has 0 atom stereocenters. The summed E-state index contributed by atoms with van der Waals surface area (Å²) < 4.78 is 5.68. The van der Waals surface area contributed by atoms with Gasteiger partial charge >= 0.3 is 0 Å². The topological polar surface area (TPSA) is 9.23 Å². The van der Waals surface area contributed by atoms with Crippen molar-refractivity contribution >= 4 is 6.08 Å². The average Bonchev–Trinajstić information content (AvgIpc) is 2.71. The normalized spacial score (nSPS) is 19.9. The maximum absolute atomic E-state index is 5.68. The van der Waals surface area contributed by atoms with E-state index in [-0.39, 0.29) is 0 Å². The van der Waals surface area contributed by atoms with Crippen molar-refractivity contribution in [2.45, 2.75) is 71.6 Å². The van der Waals surface area contributed by atoms with Crippen LogP contribution < -0.4 is 4.74 Å². The SMILES string of the molecule is CCCCOc1ccc(/C=C/C#C/C=C/[C@H]2CC[C@H](CCCC)CC2)cc1. The molecule has 0 aromatic heterocycles. The Morgan fingerprint density at radius 2 is 1.63 bits per heavy atom. The second-order valence-electron chi connectivity index (χ2n) is 7.68. The molecule has 0 bridgehead atoms. The van der Waals surface area contributed by atoms with E-state index < -0.39 is 0 Å². The minimum absolute atomic E-state index is 0.737. The van der Waals surface area contributed by atoms with Gasteiger partial charge < -0.3 is 4.74 Å². The summed E-state index contributed by atoms with van der Waals surface area (Å²) in [7, 11) is 0. The van der Waals surface area contributed by atoms with Crippen molar-refractivity contribution in [3.8, 4) is 17.6 Å². The van der Waals surface area contributed by atoms with E-state index in [0.717, 1.165) is 42.6 Å². The quantitative estimate of drug-likeness (QED) is 0.327. The molecule has 0 radical (unpaired) electrons. The van der Waals surface area contributed by atoms with E-state index in [1.807, 2.05) is 24.3 Å². The van der Waals surface area contributed by atoms with Crippen LogP contribution in [-0.4, -0.2) is 6.61 Å². The van der Waals surface area contributed by atoms with Crippen molar-refractivity contribution in [2.75, 3.05) is 6.61 Å². The van der Waals surface area contributed by atoms with Gasteiger partial charge in [-0.05, 0) is 79.9 Å². The zero-order chi connectivity index (χ0) is 19.2. The monoisotopic (exact) mass is 364 g/mol. The third-order valence-electron chi connectivity index (χ3n) is 5.40. The van der Waals surface area contributed by atoms with Crippen LogP contribution >= 0.6 is 0 Å².